The number of methoxy groups -OCH3 is 1. The first-order chi connectivity index (χ1) is 18.0. The number of amides is 1. The first-order valence-electron chi connectivity index (χ1n) is 13.4. The monoisotopic (exact) mass is 499 g/mol. The number of benzene rings is 2. The maximum Gasteiger partial charge on any atom is 0.259 e. The summed E-state index contributed by atoms with van der Waals surface area (Å²) in [5.74, 6) is 0.683. The molecule has 194 valence electrons. The highest BCUT2D eigenvalue weighted by molar-refractivity contribution is 5.95. The predicted octanol–water partition coefficient (Wildman–Crippen LogP) is 4.09. The zero-order valence-electron chi connectivity index (χ0n) is 22.2. The van der Waals surface area contributed by atoms with Gasteiger partial charge in [-0.15, -0.1) is 0 Å². The minimum Gasteiger partial charge on any atom is -0.497 e. The van der Waals surface area contributed by atoms with Crippen molar-refractivity contribution >= 4 is 5.91 Å². The highest BCUT2D eigenvalue weighted by Crippen LogP contribution is 2.26. The number of aryl methyl sites for hydroxylation is 2. The van der Waals surface area contributed by atoms with E-state index < -0.39 is 0 Å². The summed E-state index contributed by atoms with van der Waals surface area (Å²) < 4.78 is 7.40. The molecular formula is C31H37N3O3. The zero-order chi connectivity index (χ0) is 25.9. The van der Waals surface area contributed by atoms with E-state index in [0.29, 0.717) is 37.7 Å². The van der Waals surface area contributed by atoms with Gasteiger partial charge in [-0.1, -0.05) is 43.3 Å². The van der Waals surface area contributed by atoms with Crippen LogP contribution >= 0.6 is 0 Å². The van der Waals surface area contributed by atoms with Crippen LogP contribution in [0.5, 0.6) is 5.75 Å². The fourth-order valence-corrected chi connectivity index (χ4v) is 6.00. The lowest BCUT2D eigenvalue weighted by atomic mass is 9.87. The van der Waals surface area contributed by atoms with E-state index in [-0.39, 0.29) is 11.3 Å². The molecule has 1 aliphatic carbocycles. The van der Waals surface area contributed by atoms with Crippen LogP contribution in [0.4, 0.5) is 0 Å². The third-order valence-electron chi connectivity index (χ3n) is 8.11. The standard InChI is InChI=1S/C31H37N3O3/c1-4-28-30(29(35)19-22(2)34(28)21-23-9-13-27(37-3)14-10-23)31(36)33-17-15-32(16-18-33)26-12-11-24-7-5-6-8-25(24)20-26/h5-10,13-14,19,26H,4,11-12,15-18,20-21H2,1-3H3/t26-/m0/s1. The Morgan fingerprint density at radius 1 is 1.00 bits per heavy atom. The third-order valence-corrected chi connectivity index (χ3v) is 8.11. The zero-order valence-corrected chi connectivity index (χ0v) is 22.2. The van der Waals surface area contributed by atoms with Crippen LogP contribution in [0.15, 0.2) is 59.4 Å². The number of pyridine rings is 1. The van der Waals surface area contributed by atoms with Crippen LogP contribution in [-0.4, -0.2) is 59.6 Å². The van der Waals surface area contributed by atoms with E-state index in [9.17, 15) is 9.59 Å². The van der Waals surface area contributed by atoms with E-state index >= 15 is 0 Å². The minimum atomic E-state index is -0.170. The number of nitrogens with zero attached hydrogens (tertiary/aromatic N) is 3. The number of piperazine rings is 1. The number of ether oxygens (including phenoxy) is 1. The first kappa shape index (κ1) is 25.3. The lowest BCUT2D eigenvalue weighted by Gasteiger charge is -2.41. The number of aromatic nitrogens is 1. The van der Waals surface area contributed by atoms with Crippen molar-refractivity contribution in [2.45, 2.75) is 52.1 Å². The normalized spacial score (nSPS) is 17.9. The summed E-state index contributed by atoms with van der Waals surface area (Å²) in [6.07, 6.45) is 3.99. The van der Waals surface area contributed by atoms with Gasteiger partial charge in [0.25, 0.3) is 5.91 Å². The fraction of sp³-hybridized carbons (Fsp3) is 0.419. The lowest BCUT2D eigenvalue weighted by molar-refractivity contribution is 0.0550. The molecule has 2 aliphatic rings. The molecule has 1 atom stereocenters. The van der Waals surface area contributed by atoms with Crippen LogP contribution in [0.1, 0.15) is 51.8 Å². The molecular weight excluding hydrogens is 462 g/mol. The van der Waals surface area contributed by atoms with Gasteiger partial charge in [0.05, 0.1) is 7.11 Å². The summed E-state index contributed by atoms with van der Waals surface area (Å²) in [6.45, 7) is 7.60. The molecule has 1 aliphatic heterocycles. The molecule has 1 saturated heterocycles. The van der Waals surface area contributed by atoms with Crippen molar-refractivity contribution in [3.63, 3.8) is 0 Å². The van der Waals surface area contributed by atoms with Gasteiger partial charge in [0.15, 0.2) is 5.43 Å². The predicted molar refractivity (Wildman–Crippen MR) is 147 cm³/mol. The van der Waals surface area contributed by atoms with Crippen molar-refractivity contribution in [3.05, 3.63) is 98.5 Å². The van der Waals surface area contributed by atoms with Crippen LogP contribution in [0.25, 0.3) is 0 Å². The Hall–Kier alpha value is -3.38. The summed E-state index contributed by atoms with van der Waals surface area (Å²) >= 11 is 0. The Morgan fingerprint density at radius 2 is 1.70 bits per heavy atom. The highest BCUT2D eigenvalue weighted by Gasteiger charge is 2.31. The number of fused-ring (bicyclic) bond motifs is 1. The van der Waals surface area contributed by atoms with Gasteiger partial charge < -0.3 is 14.2 Å². The molecule has 1 aromatic heterocycles. The van der Waals surface area contributed by atoms with Crippen LogP contribution in [0, 0.1) is 6.92 Å². The average molecular weight is 500 g/mol. The van der Waals surface area contributed by atoms with Gasteiger partial charge in [0.1, 0.15) is 11.3 Å². The molecule has 6 heteroatoms. The highest BCUT2D eigenvalue weighted by atomic mass is 16.5. The van der Waals surface area contributed by atoms with Crippen LogP contribution in [-0.2, 0) is 25.8 Å². The van der Waals surface area contributed by atoms with E-state index in [1.165, 1.54) is 17.5 Å². The van der Waals surface area contributed by atoms with Gasteiger partial charge >= 0.3 is 0 Å². The second kappa shape index (κ2) is 10.9. The van der Waals surface area contributed by atoms with Crippen molar-refractivity contribution < 1.29 is 9.53 Å². The summed E-state index contributed by atoms with van der Waals surface area (Å²) in [5.41, 5.74) is 5.89. The molecule has 37 heavy (non-hydrogen) atoms. The third kappa shape index (κ3) is 5.21. The second-order valence-electron chi connectivity index (χ2n) is 10.3. The molecule has 0 spiro atoms. The first-order valence-corrected chi connectivity index (χ1v) is 13.4. The van der Waals surface area contributed by atoms with Gasteiger partial charge in [0, 0.05) is 56.2 Å². The van der Waals surface area contributed by atoms with E-state index in [1.807, 2.05) is 43.0 Å². The maximum absolute atomic E-state index is 13.7. The van der Waals surface area contributed by atoms with Crippen LogP contribution in [0.3, 0.4) is 0 Å². The molecule has 0 unspecified atom stereocenters. The molecule has 0 N–H and O–H groups in total. The summed E-state index contributed by atoms with van der Waals surface area (Å²) in [4.78, 5) is 31.3. The number of carbonyl (C=O) groups is 1. The van der Waals surface area contributed by atoms with E-state index in [1.54, 1.807) is 13.2 Å². The Labute approximate surface area is 219 Å². The van der Waals surface area contributed by atoms with Gasteiger partial charge in [-0.05, 0) is 61.4 Å². The Balaban J connectivity index is 1.31. The SMILES string of the molecule is CCc1c(C(=O)N2CCN([C@H]3CCc4ccccc4C3)CC2)c(=O)cc(C)n1Cc1ccc(OC)cc1. The molecule has 1 fully saturated rings. The fourth-order valence-electron chi connectivity index (χ4n) is 6.00. The van der Waals surface area contributed by atoms with Crippen molar-refractivity contribution in [1.82, 2.24) is 14.4 Å². The van der Waals surface area contributed by atoms with E-state index in [2.05, 4.69) is 33.7 Å². The number of hydrogen-bond donors (Lipinski definition) is 0. The Kier molecular flexibility index (Phi) is 7.47. The topological polar surface area (TPSA) is 54.8 Å². The average Bonchev–Trinajstić information content (AvgIpc) is 2.94. The van der Waals surface area contributed by atoms with Crippen molar-refractivity contribution in [1.29, 1.82) is 0 Å². The number of hydrogen-bond acceptors (Lipinski definition) is 4. The smallest absolute Gasteiger partial charge is 0.259 e. The summed E-state index contributed by atoms with van der Waals surface area (Å²) in [7, 11) is 1.65. The van der Waals surface area contributed by atoms with Crippen molar-refractivity contribution in [3.8, 4) is 5.75 Å². The van der Waals surface area contributed by atoms with Crippen LogP contribution < -0.4 is 10.2 Å². The quantitative estimate of drug-likeness (QED) is 0.513. The van der Waals surface area contributed by atoms with Gasteiger partial charge in [0.2, 0.25) is 0 Å². The molecule has 3 aromatic rings. The Morgan fingerprint density at radius 3 is 2.38 bits per heavy atom. The molecule has 1 amide bonds. The van der Waals surface area contributed by atoms with Gasteiger partial charge in [-0.25, -0.2) is 0 Å². The molecule has 6 nitrogen and oxygen atoms in total. The molecule has 2 aromatic carbocycles. The minimum absolute atomic E-state index is 0.126. The molecule has 0 radical (unpaired) electrons. The maximum atomic E-state index is 13.7. The summed E-state index contributed by atoms with van der Waals surface area (Å²) in [6, 6.07) is 18.8. The van der Waals surface area contributed by atoms with Gasteiger partial charge in [-0.3, -0.25) is 14.5 Å². The number of rotatable bonds is 6. The van der Waals surface area contributed by atoms with E-state index in [4.69, 9.17) is 4.74 Å². The van der Waals surface area contributed by atoms with Crippen molar-refractivity contribution in [2.24, 2.45) is 0 Å². The largest absolute Gasteiger partial charge is 0.497 e. The lowest BCUT2D eigenvalue weighted by Crippen LogP contribution is -2.53. The van der Waals surface area contributed by atoms with Crippen LogP contribution in [0.2, 0.25) is 0 Å². The molecule has 2 heterocycles. The second-order valence-corrected chi connectivity index (χ2v) is 10.3. The molecule has 0 bridgehead atoms. The molecule has 5 rings (SSSR count). The van der Waals surface area contributed by atoms with Gasteiger partial charge in [-0.2, -0.15) is 0 Å². The Bertz CT molecular complexity index is 1320. The van der Waals surface area contributed by atoms with E-state index in [0.717, 1.165) is 48.6 Å². The van der Waals surface area contributed by atoms with Crippen molar-refractivity contribution in [2.75, 3.05) is 33.3 Å². The summed E-state index contributed by atoms with van der Waals surface area (Å²) in [5, 5.41) is 0. The molecule has 0 saturated carbocycles. The number of carbonyl (C=O) groups excluding carboxylic acids is 1.